The van der Waals surface area contributed by atoms with Crippen LogP contribution in [0.4, 0.5) is 18.9 Å². The molecule has 0 spiro atoms. The van der Waals surface area contributed by atoms with Crippen molar-refractivity contribution < 1.29 is 26.5 Å². The van der Waals surface area contributed by atoms with Crippen molar-refractivity contribution in [2.75, 3.05) is 0 Å². The smallest absolute Gasteiger partial charge is 0.258 e. The van der Waals surface area contributed by atoms with E-state index in [-0.39, 0.29) is 12.1 Å². The van der Waals surface area contributed by atoms with Gasteiger partial charge < -0.3 is 0 Å². The fourth-order valence-electron chi connectivity index (χ4n) is 1.06. The second kappa shape index (κ2) is 4.67. The third kappa shape index (κ3) is 3.12. The first-order valence-electron chi connectivity index (χ1n) is 3.94. The lowest BCUT2D eigenvalue weighted by Crippen LogP contribution is -2.08. The molecule has 0 bridgehead atoms. The number of alkyl halides is 3. The van der Waals surface area contributed by atoms with E-state index in [4.69, 9.17) is 10.7 Å². The molecule has 18 heavy (non-hydrogen) atoms. The summed E-state index contributed by atoms with van der Waals surface area (Å²) in [6.07, 6.45) is -4.93. The normalized spacial score (nSPS) is 12.5. The molecule has 0 unspecified atom stereocenters. The van der Waals surface area contributed by atoms with Crippen LogP contribution in [-0.4, -0.2) is 13.3 Å². The molecule has 11 heteroatoms. The summed E-state index contributed by atoms with van der Waals surface area (Å²) in [6.45, 7) is 0. The predicted molar refractivity (Wildman–Crippen MR) is 58.8 cm³/mol. The first kappa shape index (κ1) is 15.2. The Labute approximate surface area is 111 Å². The third-order valence-electron chi connectivity index (χ3n) is 1.81. The minimum absolute atomic E-state index is 0.218. The minimum Gasteiger partial charge on any atom is -0.258 e. The Morgan fingerprint density at radius 3 is 2.17 bits per heavy atom. The van der Waals surface area contributed by atoms with Crippen LogP contribution in [0.2, 0.25) is 0 Å². The van der Waals surface area contributed by atoms with Gasteiger partial charge in [0.05, 0.1) is 10.5 Å². The molecular weight excluding hydrogens is 366 g/mol. The highest BCUT2D eigenvalue weighted by molar-refractivity contribution is 9.10. The average Bonchev–Trinajstić information content (AvgIpc) is 2.13. The summed E-state index contributed by atoms with van der Waals surface area (Å²) in [6, 6.07) is 0.440. The minimum atomic E-state index is -4.93. The highest BCUT2D eigenvalue weighted by Crippen LogP contribution is 2.39. The lowest BCUT2D eigenvalue weighted by Gasteiger charge is -2.09. The van der Waals surface area contributed by atoms with Crippen molar-refractivity contribution in [3.63, 3.8) is 0 Å². The second-order valence-corrected chi connectivity index (χ2v) is 6.33. The summed E-state index contributed by atoms with van der Waals surface area (Å²) in [5.41, 5.74) is -2.51. The quantitative estimate of drug-likeness (QED) is 0.456. The van der Waals surface area contributed by atoms with E-state index in [1.165, 1.54) is 0 Å². The monoisotopic (exact) mass is 367 g/mol. The third-order valence-corrected chi connectivity index (χ3v) is 4.25. The maximum atomic E-state index is 12.5. The Bertz CT molecular complexity index is 616. The van der Waals surface area contributed by atoms with Gasteiger partial charge in [-0.3, -0.25) is 10.1 Å². The van der Waals surface area contributed by atoms with Crippen LogP contribution in [-0.2, 0) is 15.2 Å². The highest BCUT2D eigenvalue weighted by Gasteiger charge is 2.36. The number of benzene rings is 1. The summed E-state index contributed by atoms with van der Waals surface area (Å²) < 4.78 is 58.8. The summed E-state index contributed by atoms with van der Waals surface area (Å²) in [7, 11) is 0.363. The van der Waals surface area contributed by atoms with E-state index in [0.717, 1.165) is 0 Å². The summed E-state index contributed by atoms with van der Waals surface area (Å²) >= 11 is 2.55. The largest absolute Gasteiger partial charge is 0.416 e. The van der Waals surface area contributed by atoms with Crippen LogP contribution in [0.1, 0.15) is 5.56 Å². The number of nitro groups is 1. The molecule has 1 aromatic rings. The zero-order valence-electron chi connectivity index (χ0n) is 8.03. The lowest BCUT2D eigenvalue weighted by molar-refractivity contribution is -0.386. The van der Waals surface area contributed by atoms with Crippen LogP contribution >= 0.6 is 26.6 Å². The van der Waals surface area contributed by atoms with Crippen LogP contribution in [0.15, 0.2) is 21.5 Å². The maximum Gasteiger partial charge on any atom is 0.416 e. The Kier molecular flexibility index (Phi) is 3.94. The molecule has 0 aliphatic carbocycles. The van der Waals surface area contributed by atoms with Crippen LogP contribution < -0.4 is 0 Å². The highest BCUT2D eigenvalue weighted by atomic mass is 79.9. The number of hydrogen-bond acceptors (Lipinski definition) is 4. The van der Waals surface area contributed by atoms with E-state index in [0.29, 0.717) is 0 Å². The van der Waals surface area contributed by atoms with Crippen LogP contribution in [0.25, 0.3) is 0 Å². The molecule has 0 radical (unpaired) electrons. The second-order valence-electron chi connectivity index (χ2n) is 3.00. The summed E-state index contributed by atoms with van der Waals surface area (Å²) in [5.74, 6) is 0. The number of rotatable bonds is 2. The van der Waals surface area contributed by atoms with E-state index in [2.05, 4.69) is 15.9 Å². The number of halogens is 5. The number of nitrogens with zero attached hydrogens (tertiary/aromatic N) is 1. The van der Waals surface area contributed by atoms with Crippen LogP contribution in [0.5, 0.6) is 0 Å². The summed E-state index contributed by atoms with van der Waals surface area (Å²) in [4.78, 5) is 8.39. The van der Waals surface area contributed by atoms with Crippen molar-refractivity contribution in [1.82, 2.24) is 0 Å². The number of nitro benzene ring substituents is 1. The van der Waals surface area contributed by atoms with Crippen LogP contribution in [0, 0.1) is 10.1 Å². The van der Waals surface area contributed by atoms with Crippen molar-refractivity contribution in [3.05, 3.63) is 32.3 Å². The van der Waals surface area contributed by atoms with Crippen LogP contribution in [0.3, 0.4) is 0 Å². The van der Waals surface area contributed by atoms with E-state index < -0.39 is 40.8 Å². The SMILES string of the molecule is O=[N+]([O-])c1cc(C(F)(F)F)cc(S(=O)(=O)Cl)c1Br. The fraction of sp³-hybridized carbons (Fsp3) is 0.143. The molecule has 0 amide bonds. The molecular formula is C7H2BrClF3NO4S. The van der Waals surface area contributed by atoms with Gasteiger partial charge in [-0.25, -0.2) is 8.42 Å². The van der Waals surface area contributed by atoms with Gasteiger partial charge in [0.2, 0.25) is 0 Å². The average molecular weight is 369 g/mol. The van der Waals surface area contributed by atoms with E-state index in [1.54, 1.807) is 0 Å². The van der Waals surface area contributed by atoms with E-state index in [1.807, 2.05) is 0 Å². The molecule has 0 fully saturated rings. The molecule has 0 aliphatic heterocycles. The van der Waals surface area contributed by atoms with Gasteiger partial charge in [-0.15, -0.1) is 0 Å². The molecule has 5 nitrogen and oxygen atoms in total. The molecule has 0 aliphatic rings. The molecule has 0 saturated carbocycles. The van der Waals surface area contributed by atoms with Gasteiger partial charge >= 0.3 is 6.18 Å². The molecule has 100 valence electrons. The van der Waals surface area contributed by atoms with Crippen molar-refractivity contribution in [3.8, 4) is 0 Å². The van der Waals surface area contributed by atoms with E-state index >= 15 is 0 Å². The first-order chi connectivity index (χ1) is 7.94. The van der Waals surface area contributed by atoms with Gasteiger partial charge in [0.25, 0.3) is 14.7 Å². The zero-order chi connectivity index (χ0) is 14.3. The first-order valence-corrected chi connectivity index (χ1v) is 7.04. The van der Waals surface area contributed by atoms with Crippen molar-refractivity contribution in [2.24, 2.45) is 0 Å². The number of hydrogen-bond donors (Lipinski definition) is 0. The molecule has 0 N–H and O–H groups in total. The topological polar surface area (TPSA) is 77.3 Å². The molecule has 1 aromatic carbocycles. The molecule has 0 atom stereocenters. The van der Waals surface area contributed by atoms with Gasteiger partial charge in [-0.2, -0.15) is 13.2 Å². The van der Waals surface area contributed by atoms with Gasteiger partial charge in [-0.1, -0.05) is 0 Å². The van der Waals surface area contributed by atoms with Gasteiger partial charge in [-0.05, 0) is 22.0 Å². The Morgan fingerprint density at radius 1 is 1.33 bits per heavy atom. The summed E-state index contributed by atoms with van der Waals surface area (Å²) in [5, 5.41) is 10.6. The standard InChI is InChI=1S/C7H2BrClF3NO4S/c8-6-4(13(14)15)1-3(7(10,11)12)2-5(6)18(9,16)17/h1-2H. The Balaban J connectivity index is 3.74. The predicted octanol–water partition coefficient (Wildman–Crippen LogP) is 3.30. The molecule has 1 rings (SSSR count). The van der Waals surface area contributed by atoms with Gasteiger partial charge in [0.15, 0.2) is 0 Å². The zero-order valence-corrected chi connectivity index (χ0v) is 11.2. The van der Waals surface area contributed by atoms with E-state index in [9.17, 15) is 31.7 Å². The van der Waals surface area contributed by atoms with Crippen molar-refractivity contribution >= 4 is 41.4 Å². The van der Waals surface area contributed by atoms with Gasteiger partial charge in [0.1, 0.15) is 9.37 Å². The molecule has 0 heterocycles. The Hall–Kier alpha value is -0.870. The molecule has 0 aromatic heterocycles. The maximum absolute atomic E-state index is 12.5. The molecule has 0 saturated heterocycles. The lowest BCUT2D eigenvalue weighted by atomic mass is 10.2. The van der Waals surface area contributed by atoms with Crippen molar-refractivity contribution in [1.29, 1.82) is 0 Å². The van der Waals surface area contributed by atoms with Gasteiger partial charge in [0, 0.05) is 16.7 Å². The van der Waals surface area contributed by atoms with Crippen molar-refractivity contribution in [2.45, 2.75) is 11.1 Å². The Morgan fingerprint density at radius 2 is 1.83 bits per heavy atom. The fourth-order valence-corrected chi connectivity index (χ4v) is 3.30.